The molecule has 6 heteroatoms. The van der Waals surface area contributed by atoms with Crippen molar-refractivity contribution >= 4 is 29.3 Å². The SMILES string of the molecule is Cc1ccc(C(=O)COC(=O)[C@H](C)NC(=O)c2ccccc2Cl)c(C)c1. The number of carbonyl (C=O) groups excluding carboxylic acids is 3. The topological polar surface area (TPSA) is 72.5 Å². The summed E-state index contributed by atoms with van der Waals surface area (Å²) >= 11 is 5.96. The Kier molecular flexibility index (Phi) is 6.52. The number of rotatable bonds is 6. The van der Waals surface area contributed by atoms with Crippen LogP contribution in [0.2, 0.25) is 5.02 Å². The first kappa shape index (κ1) is 19.7. The highest BCUT2D eigenvalue weighted by molar-refractivity contribution is 6.33. The summed E-state index contributed by atoms with van der Waals surface area (Å²) in [5.41, 5.74) is 2.65. The number of ketones is 1. The molecule has 0 fully saturated rings. The van der Waals surface area contributed by atoms with Gasteiger partial charge < -0.3 is 10.1 Å². The van der Waals surface area contributed by atoms with Gasteiger partial charge in [0.2, 0.25) is 5.78 Å². The van der Waals surface area contributed by atoms with Crippen LogP contribution in [0.25, 0.3) is 0 Å². The molecule has 2 rings (SSSR count). The maximum Gasteiger partial charge on any atom is 0.328 e. The molecule has 0 aliphatic rings. The van der Waals surface area contributed by atoms with Crippen molar-refractivity contribution in [2.24, 2.45) is 0 Å². The summed E-state index contributed by atoms with van der Waals surface area (Å²) in [6.45, 7) is 4.87. The van der Waals surface area contributed by atoms with E-state index in [0.717, 1.165) is 11.1 Å². The fourth-order valence-electron chi connectivity index (χ4n) is 2.44. The number of Topliss-reactive ketones (excluding diaryl/α,β-unsaturated/α-hetero) is 1. The molecule has 1 amide bonds. The lowest BCUT2D eigenvalue weighted by Crippen LogP contribution is -2.40. The van der Waals surface area contributed by atoms with E-state index in [-0.39, 0.29) is 23.0 Å². The summed E-state index contributed by atoms with van der Waals surface area (Å²) in [5, 5.41) is 2.80. The first-order valence-electron chi connectivity index (χ1n) is 8.12. The zero-order chi connectivity index (χ0) is 19.3. The van der Waals surface area contributed by atoms with Gasteiger partial charge in [-0.25, -0.2) is 4.79 Å². The molecule has 2 aromatic carbocycles. The number of aryl methyl sites for hydroxylation is 2. The molecule has 0 unspecified atom stereocenters. The number of halogens is 1. The summed E-state index contributed by atoms with van der Waals surface area (Å²) in [6.07, 6.45) is 0. The summed E-state index contributed by atoms with van der Waals surface area (Å²) in [4.78, 5) is 36.4. The molecule has 1 N–H and O–H groups in total. The summed E-state index contributed by atoms with van der Waals surface area (Å²) in [7, 11) is 0. The number of benzene rings is 2. The molecule has 5 nitrogen and oxygen atoms in total. The third-order valence-electron chi connectivity index (χ3n) is 3.85. The van der Waals surface area contributed by atoms with E-state index in [1.54, 1.807) is 30.3 Å². The summed E-state index contributed by atoms with van der Waals surface area (Å²) in [5.74, 6) is -1.47. The first-order valence-corrected chi connectivity index (χ1v) is 8.50. The van der Waals surface area contributed by atoms with Gasteiger partial charge >= 0.3 is 5.97 Å². The molecule has 136 valence electrons. The molecule has 26 heavy (non-hydrogen) atoms. The molecular formula is C20H20ClNO4. The molecule has 0 bridgehead atoms. The van der Waals surface area contributed by atoms with Gasteiger partial charge in [-0.05, 0) is 38.5 Å². The largest absolute Gasteiger partial charge is 0.456 e. The smallest absolute Gasteiger partial charge is 0.328 e. The van der Waals surface area contributed by atoms with E-state index < -0.39 is 17.9 Å². The Bertz CT molecular complexity index is 847. The van der Waals surface area contributed by atoms with Crippen LogP contribution in [0.5, 0.6) is 0 Å². The highest BCUT2D eigenvalue weighted by Gasteiger charge is 2.20. The minimum absolute atomic E-state index is 0.264. The Hall–Kier alpha value is -2.66. The normalized spacial score (nSPS) is 11.5. The second kappa shape index (κ2) is 8.63. The predicted molar refractivity (Wildman–Crippen MR) is 99.6 cm³/mol. The molecule has 0 saturated heterocycles. The number of ether oxygens (including phenoxy) is 1. The molecule has 0 spiro atoms. The van der Waals surface area contributed by atoms with Crippen molar-refractivity contribution in [3.63, 3.8) is 0 Å². The number of carbonyl (C=O) groups is 3. The van der Waals surface area contributed by atoms with E-state index >= 15 is 0 Å². The molecule has 0 radical (unpaired) electrons. The van der Waals surface area contributed by atoms with E-state index in [1.165, 1.54) is 6.92 Å². The van der Waals surface area contributed by atoms with Crippen LogP contribution in [0.1, 0.15) is 38.8 Å². The van der Waals surface area contributed by atoms with E-state index in [9.17, 15) is 14.4 Å². The fourth-order valence-corrected chi connectivity index (χ4v) is 2.67. The van der Waals surface area contributed by atoms with Crippen LogP contribution in [0.4, 0.5) is 0 Å². The van der Waals surface area contributed by atoms with Crippen LogP contribution in [-0.4, -0.2) is 30.3 Å². The van der Waals surface area contributed by atoms with E-state index in [1.807, 2.05) is 26.0 Å². The summed E-state index contributed by atoms with van der Waals surface area (Å²) < 4.78 is 5.04. The lowest BCUT2D eigenvalue weighted by molar-refractivity contribution is -0.144. The van der Waals surface area contributed by atoms with Crippen molar-refractivity contribution in [1.29, 1.82) is 0 Å². The Balaban J connectivity index is 1.92. The molecule has 0 aromatic heterocycles. The number of hydrogen-bond acceptors (Lipinski definition) is 4. The molecule has 0 aliphatic carbocycles. The zero-order valence-corrected chi connectivity index (χ0v) is 15.6. The Morgan fingerprint density at radius 2 is 1.77 bits per heavy atom. The van der Waals surface area contributed by atoms with Gasteiger partial charge in [0, 0.05) is 5.56 Å². The van der Waals surface area contributed by atoms with Crippen molar-refractivity contribution in [2.75, 3.05) is 6.61 Å². The van der Waals surface area contributed by atoms with Crippen molar-refractivity contribution in [3.8, 4) is 0 Å². The van der Waals surface area contributed by atoms with Gasteiger partial charge in [0.25, 0.3) is 5.91 Å². The van der Waals surface area contributed by atoms with Crippen LogP contribution in [0.3, 0.4) is 0 Å². The Morgan fingerprint density at radius 3 is 2.42 bits per heavy atom. The van der Waals surface area contributed by atoms with Crippen molar-refractivity contribution < 1.29 is 19.1 Å². The van der Waals surface area contributed by atoms with Gasteiger partial charge in [0.1, 0.15) is 6.04 Å². The lowest BCUT2D eigenvalue weighted by atomic mass is 10.0. The Labute approximate surface area is 157 Å². The molecule has 0 saturated carbocycles. The summed E-state index contributed by atoms with van der Waals surface area (Å²) in [6, 6.07) is 11.0. The third kappa shape index (κ3) is 4.92. The van der Waals surface area contributed by atoms with Gasteiger partial charge in [0.15, 0.2) is 6.61 Å². The van der Waals surface area contributed by atoms with Crippen molar-refractivity contribution in [2.45, 2.75) is 26.8 Å². The maximum atomic E-state index is 12.2. The van der Waals surface area contributed by atoms with Crippen LogP contribution >= 0.6 is 11.6 Å². The highest BCUT2D eigenvalue weighted by Crippen LogP contribution is 2.15. The van der Waals surface area contributed by atoms with Gasteiger partial charge in [0.05, 0.1) is 10.6 Å². The Morgan fingerprint density at radius 1 is 1.08 bits per heavy atom. The standard InChI is InChI=1S/C20H20ClNO4/c1-12-8-9-15(13(2)10-12)18(23)11-26-20(25)14(3)22-19(24)16-6-4-5-7-17(16)21/h4-10,14H,11H2,1-3H3,(H,22,24)/t14-/m0/s1. The minimum Gasteiger partial charge on any atom is -0.456 e. The van der Waals surface area contributed by atoms with Crippen molar-refractivity contribution in [3.05, 3.63) is 69.7 Å². The highest BCUT2D eigenvalue weighted by atomic mass is 35.5. The third-order valence-corrected chi connectivity index (χ3v) is 4.18. The first-order chi connectivity index (χ1) is 12.3. The van der Waals surface area contributed by atoms with Crippen LogP contribution in [0, 0.1) is 13.8 Å². The second-order valence-corrected chi connectivity index (χ2v) is 6.43. The zero-order valence-electron chi connectivity index (χ0n) is 14.8. The molecule has 0 aliphatic heterocycles. The van der Waals surface area contributed by atoms with E-state index in [2.05, 4.69) is 5.32 Å². The van der Waals surface area contributed by atoms with E-state index in [4.69, 9.17) is 16.3 Å². The van der Waals surface area contributed by atoms with Crippen molar-refractivity contribution in [1.82, 2.24) is 5.32 Å². The minimum atomic E-state index is -0.911. The average Bonchev–Trinajstić information content (AvgIpc) is 2.59. The number of nitrogens with one attached hydrogen (secondary N) is 1. The van der Waals surface area contributed by atoms with Crippen LogP contribution in [0.15, 0.2) is 42.5 Å². The molecular weight excluding hydrogens is 354 g/mol. The van der Waals surface area contributed by atoms with Gasteiger partial charge in [-0.3, -0.25) is 9.59 Å². The monoisotopic (exact) mass is 373 g/mol. The number of hydrogen-bond donors (Lipinski definition) is 1. The quantitative estimate of drug-likeness (QED) is 0.621. The van der Waals surface area contributed by atoms with Crippen LogP contribution < -0.4 is 5.32 Å². The van der Waals surface area contributed by atoms with Crippen LogP contribution in [-0.2, 0) is 9.53 Å². The fraction of sp³-hybridized carbons (Fsp3) is 0.250. The second-order valence-electron chi connectivity index (χ2n) is 6.02. The molecule has 0 heterocycles. The van der Waals surface area contributed by atoms with Gasteiger partial charge in [-0.1, -0.05) is 47.5 Å². The molecule has 1 atom stereocenters. The van der Waals surface area contributed by atoms with Gasteiger partial charge in [-0.2, -0.15) is 0 Å². The lowest BCUT2D eigenvalue weighted by Gasteiger charge is -2.14. The van der Waals surface area contributed by atoms with Gasteiger partial charge in [-0.15, -0.1) is 0 Å². The maximum absolute atomic E-state index is 12.2. The average molecular weight is 374 g/mol. The number of esters is 1. The van der Waals surface area contributed by atoms with E-state index in [0.29, 0.717) is 5.56 Å². The predicted octanol–water partition coefficient (Wildman–Crippen LogP) is 3.50. The number of amides is 1. The molecule has 2 aromatic rings.